The van der Waals surface area contributed by atoms with Crippen LogP contribution in [-0.4, -0.2) is 59.6 Å². The Labute approximate surface area is 182 Å². The van der Waals surface area contributed by atoms with Gasteiger partial charge in [0.15, 0.2) is 0 Å². The third-order valence-electron chi connectivity index (χ3n) is 7.23. The summed E-state index contributed by atoms with van der Waals surface area (Å²) >= 11 is 0. The largest absolute Gasteiger partial charge is 1.00 e. The van der Waals surface area contributed by atoms with E-state index in [9.17, 15) is 19.8 Å². The number of nitrogens with zero attached hydrogens (tertiary/aromatic N) is 2. The average molecular weight is 382 g/mol. The minimum atomic E-state index is -1.32. The molecule has 4 fully saturated rings. The summed E-state index contributed by atoms with van der Waals surface area (Å²) in [6, 6.07) is -0.333. The molecule has 0 aromatic carbocycles. The second-order valence-electron chi connectivity index (χ2n) is 8.64. The number of hydrogen-bond donors (Lipinski definition) is 0. The van der Waals surface area contributed by atoms with Gasteiger partial charge in [-0.25, -0.2) is 0 Å². The van der Waals surface area contributed by atoms with Gasteiger partial charge in [0.25, 0.3) is 0 Å². The number of quaternary nitrogens is 1. The number of carbonyl (C=O) groups is 2. The summed E-state index contributed by atoms with van der Waals surface area (Å²) in [5.74, 6) is -1.57. The Bertz CT molecular complexity index is 680. The number of carboxylic acid groups (broad SMARTS) is 1. The number of rotatable bonds is 5. The summed E-state index contributed by atoms with van der Waals surface area (Å²) in [5, 5.41) is 23.5. The Morgan fingerprint density at radius 2 is 1.89 bits per heavy atom. The second kappa shape index (κ2) is 7.64. The van der Waals surface area contributed by atoms with Crippen LogP contribution in [0.1, 0.15) is 33.1 Å². The number of piperidine rings is 3. The first-order chi connectivity index (χ1) is 12.3. The van der Waals surface area contributed by atoms with Crippen LogP contribution in [0.2, 0.25) is 0 Å². The molecule has 0 aromatic heterocycles. The van der Waals surface area contributed by atoms with Crippen LogP contribution in [0.15, 0.2) is 23.4 Å². The van der Waals surface area contributed by atoms with Gasteiger partial charge in [0.2, 0.25) is 5.91 Å². The van der Waals surface area contributed by atoms with Crippen molar-refractivity contribution in [2.24, 2.45) is 17.8 Å². The van der Waals surface area contributed by atoms with Crippen LogP contribution in [0.25, 0.3) is 0 Å². The van der Waals surface area contributed by atoms with E-state index in [1.54, 1.807) is 0 Å². The fourth-order valence-corrected chi connectivity index (χ4v) is 5.60. The van der Waals surface area contributed by atoms with E-state index in [1.807, 2.05) is 13.0 Å². The third kappa shape index (κ3) is 3.33. The van der Waals surface area contributed by atoms with E-state index in [4.69, 9.17) is 0 Å². The Hall–Kier alpha value is -0.660. The van der Waals surface area contributed by atoms with Crippen LogP contribution in [0, 0.1) is 17.8 Å². The quantitative estimate of drug-likeness (QED) is 0.280. The predicted molar refractivity (Wildman–Crippen MR) is 91.0 cm³/mol. The minimum Gasteiger partial charge on any atom is -0.852 e. The van der Waals surface area contributed by atoms with Crippen molar-refractivity contribution in [3.8, 4) is 0 Å². The van der Waals surface area contributed by atoms with Gasteiger partial charge in [-0.15, -0.1) is 6.10 Å². The second-order valence-corrected chi connectivity index (χ2v) is 8.64. The van der Waals surface area contributed by atoms with Crippen LogP contribution in [-0.2, 0) is 9.59 Å². The third-order valence-corrected chi connectivity index (χ3v) is 7.23. The van der Waals surface area contributed by atoms with Gasteiger partial charge in [-0.2, -0.15) is 0 Å². The van der Waals surface area contributed by atoms with Crippen LogP contribution < -0.4 is 39.8 Å². The monoisotopic (exact) mass is 382 g/mol. The molecule has 0 unspecified atom stereocenters. The Balaban J connectivity index is 0.00000210. The summed E-state index contributed by atoms with van der Waals surface area (Å²) in [7, 11) is 0. The van der Waals surface area contributed by atoms with E-state index >= 15 is 0 Å². The van der Waals surface area contributed by atoms with Gasteiger partial charge in [-0.1, -0.05) is 19.9 Å². The molecule has 142 valence electrons. The van der Waals surface area contributed by atoms with Gasteiger partial charge < -0.3 is 24.4 Å². The predicted octanol–water partition coefficient (Wildman–Crippen LogP) is -3.59. The fraction of sp³-hybridized carbons (Fsp3) is 0.700. The van der Waals surface area contributed by atoms with E-state index in [0.717, 1.165) is 16.9 Å². The number of carbonyl (C=O) groups excluding carboxylic acids is 2. The van der Waals surface area contributed by atoms with Gasteiger partial charge in [-0.05, 0) is 36.8 Å². The van der Waals surface area contributed by atoms with E-state index in [-0.39, 0.29) is 53.1 Å². The van der Waals surface area contributed by atoms with E-state index in [0.29, 0.717) is 5.57 Å². The molecule has 0 saturated carbocycles. The molecule has 1 amide bonds. The zero-order chi connectivity index (χ0) is 18.6. The SMILES string of the molecule is C[C@@H]([O-])[C@H]1C(=O)N2C(C(=O)[O-])=C(/C=C/C[N+]34CCC(CC3)CC4)[C@H](C)[C@H]12.[Na+]. The standard InChI is InChI=1S/C20H28N2O4.Na/c1-12-15(4-3-8-22-9-5-14(6-10-22)7-11-22)18(20(25)26)21-17(12)16(13(2)23)19(21)24;/h3-4,12-14,16-17H,5-11H2,1-2H3,(H,25,26);/q;+1/p-1/b4-3+;/t12-,13+,14?,16+,17+,22?;/m0./s1. The van der Waals surface area contributed by atoms with E-state index in [2.05, 4.69) is 6.08 Å². The van der Waals surface area contributed by atoms with Gasteiger partial charge in [0.05, 0.1) is 43.9 Å². The summed E-state index contributed by atoms with van der Waals surface area (Å²) in [4.78, 5) is 25.3. The van der Waals surface area contributed by atoms with Gasteiger partial charge in [0, 0.05) is 11.8 Å². The van der Waals surface area contributed by atoms with Gasteiger partial charge >= 0.3 is 29.6 Å². The van der Waals surface area contributed by atoms with Gasteiger partial charge in [0.1, 0.15) is 0 Å². The molecule has 5 heterocycles. The van der Waals surface area contributed by atoms with Crippen molar-refractivity contribution >= 4 is 11.9 Å². The molecule has 2 bridgehead atoms. The average Bonchev–Trinajstić information content (AvgIpc) is 2.85. The van der Waals surface area contributed by atoms with Crippen molar-refractivity contribution in [3.63, 3.8) is 0 Å². The van der Waals surface area contributed by atoms with Crippen molar-refractivity contribution in [2.45, 2.75) is 45.3 Å². The molecule has 5 aliphatic rings. The maximum atomic E-state index is 12.3. The Morgan fingerprint density at radius 3 is 2.41 bits per heavy atom. The molecule has 0 spiro atoms. The van der Waals surface area contributed by atoms with Crippen LogP contribution >= 0.6 is 0 Å². The molecule has 5 aliphatic heterocycles. The molecule has 6 nitrogen and oxygen atoms in total. The molecule has 0 aromatic rings. The molecule has 0 radical (unpaired) electrons. The molecule has 0 N–H and O–H groups in total. The fourth-order valence-electron chi connectivity index (χ4n) is 5.60. The van der Waals surface area contributed by atoms with E-state index < -0.39 is 18.0 Å². The molecule has 0 aliphatic carbocycles. The first-order valence-corrected chi connectivity index (χ1v) is 9.81. The summed E-state index contributed by atoms with van der Waals surface area (Å²) in [5.41, 5.74) is 0.606. The number of β-lactam (4-membered cyclic amide) rings is 1. The smallest absolute Gasteiger partial charge is 0.852 e. The number of aliphatic carboxylic acids is 1. The first kappa shape index (κ1) is 21.1. The van der Waals surface area contributed by atoms with Crippen LogP contribution in [0.3, 0.4) is 0 Å². The summed E-state index contributed by atoms with van der Waals surface area (Å²) < 4.78 is 1.10. The van der Waals surface area contributed by atoms with Crippen molar-refractivity contribution in [1.82, 2.24) is 4.90 Å². The molecular weight excluding hydrogens is 355 g/mol. The van der Waals surface area contributed by atoms with Crippen molar-refractivity contribution in [2.75, 3.05) is 26.2 Å². The zero-order valence-corrected chi connectivity index (χ0v) is 18.5. The number of hydrogen-bond acceptors (Lipinski definition) is 4. The molecular formula is C20H27N2NaO4. The Kier molecular flexibility index (Phi) is 5.96. The summed E-state index contributed by atoms with van der Waals surface area (Å²) in [6.07, 6.45) is 6.82. The molecule has 7 heteroatoms. The van der Waals surface area contributed by atoms with Gasteiger partial charge in [-0.3, -0.25) is 4.79 Å². The topological polar surface area (TPSA) is 83.5 Å². The zero-order valence-electron chi connectivity index (χ0n) is 16.5. The minimum absolute atomic E-state index is 0. The van der Waals surface area contributed by atoms with Crippen molar-refractivity contribution in [1.29, 1.82) is 0 Å². The van der Waals surface area contributed by atoms with E-state index in [1.165, 1.54) is 50.7 Å². The Morgan fingerprint density at radius 1 is 1.30 bits per heavy atom. The number of fused-ring (bicyclic) bond motifs is 4. The number of carboxylic acids is 1. The maximum Gasteiger partial charge on any atom is 1.00 e. The summed E-state index contributed by atoms with van der Waals surface area (Å²) in [6.45, 7) is 7.92. The molecule has 27 heavy (non-hydrogen) atoms. The normalized spacial score (nSPS) is 38.6. The van der Waals surface area contributed by atoms with Crippen LogP contribution in [0.5, 0.6) is 0 Å². The van der Waals surface area contributed by atoms with Crippen molar-refractivity contribution < 1.29 is 53.8 Å². The maximum absolute atomic E-state index is 12.3. The molecule has 5 rings (SSSR count). The molecule has 4 atom stereocenters. The molecule has 4 saturated heterocycles. The van der Waals surface area contributed by atoms with Crippen molar-refractivity contribution in [3.05, 3.63) is 23.4 Å². The first-order valence-electron chi connectivity index (χ1n) is 9.81. The number of amides is 1. The number of allylic oxidation sites excluding steroid dienone is 1. The van der Waals surface area contributed by atoms with Crippen LogP contribution in [0.4, 0.5) is 0 Å².